The number of benzene rings is 2. The van der Waals surface area contributed by atoms with Crippen LogP contribution in [0.1, 0.15) is 15.9 Å². The molecule has 0 unspecified atom stereocenters. The number of carbonyl (C=O) groups is 1. The van der Waals surface area contributed by atoms with Crippen LogP contribution in [0.25, 0.3) is 0 Å². The summed E-state index contributed by atoms with van der Waals surface area (Å²) in [5.41, 5.74) is 1.39. The smallest absolute Gasteiger partial charge is 0.258 e. The van der Waals surface area contributed by atoms with E-state index in [0.29, 0.717) is 29.4 Å². The van der Waals surface area contributed by atoms with Crippen molar-refractivity contribution in [2.75, 3.05) is 20.8 Å². The Balaban J connectivity index is 2.31. The van der Waals surface area contributed by atoms with Crippen molar-refractivity contribution in [1.29, 1.82) is 0 Å². The van der Waals surface area contributed by atoms with Crippen molar-refractivity contribution >= 4 is 17.5 Å². The van der Waals surface area contributed by atoms with Crippen molar-refractivity contribution in [3.05, 3.63) is 71.3 Å². The molecule has 1 amide bonds. The molecule has 24 heavy (non-hydrogen) atoms. The molecule has 0 spiro atoms. The first-order valence-electron chi connectivity index (χ1n) is 7.45. The fourth-order valence-electron chi connectivity index (χ4n) is 2.38. The molecule has 0 N–H and O–H groups in total. The molecular formula is C19H20ClNO3. The monoisotopic (exact) mass is 345 g/mol. The highest BCUT2D eigenvalue weighted by Crippen LogP contribution is 2.25. The van der Waals surface area contributed by atoms with Crippen LogP contribution < -0.4 is 9.47 Å². The summed E-state index contributed by atoms with van der Waals surface area (Å²) in [5.74, 6) is 1.07. The molecule has 0 aliphatic carbocycles. The first kappa shape index (κ1) is 17.9. The van der Waals surface area contributed by atoms with Crippen LogP contribution in [0.15, 0.2) is 55.1 Å². The van der Waals surface area contributed by atoms with Gasteiger partial charge in [-0.05, 0) is 35.9 Å². The molecular weight excluding hydrogens is 326 g/mol. The highest BCUT2D eigenvalue weighted by Gasteiger charge is 2.19. The number of nitrogens with zero attached hydrogens (tertiary/aromatic N) is 1. The molecule has 0 aromatic heterocycles. The van der Waals surface area contributed by atoms with Gasteiger partial charge in [-0.2, -0.15) is 0 Å². The normalized spacial score (nSPS) is 10.1. The van der Waals surface area contributed by atoms with Gasteiger partial charge in [-0.15, -0.1) is 6.58 Å². The SMILES string of the molecule is C=CCN(Cc1cccc(OC)c1)C(=O)c1cc(Cl)ccc1OC. The minimum Gasteiger partial charge on any atom is -0.497 e. The summed E-state index contributed by atoms with van der Waals surface area (Å²) in [5, 5.41) is 0.485. The first-order chi connectivity index (χ1) is 11.6. The van der Waals surface area contributed by atoms with Gasteiger partial charge in [0, 0.05) is 18.1 Å². The predicted molar refractivity (Wildman–Crippen MR) is 95.9 cm³/mol. The zero-order chi connectivity index (χ0) is 17.5. The Morgan fingerprint density at radius 3 is 2.67 bits per heavy atom. The molecule has 0 saturated carbocycles. The molecule has 0 heterocycles. The van der Waals surface area contributed by atoms with Crippen LogP contribution in [0.3, 0.4) is 0 Å². The second-order valence-corrected chi connectivity index (χ2v) is 5.61. The van der Waals surface area contributed by atoms with Gasteiger partial charge < -0.3 is 14.4 Å². The van der Waals surface area contributed by atoms with Crippen molar-refractivity contribution in [3.8, 4) is 11.5 Å². The molecule has 4 nitrogen and oxygen atoms in total. The van der Waals surface area contributed by atoms with E-state index in [-0.39, 0.29) is 5.91 Å². The maximum absolute atomic E-state index is 12.9. The van der Waals surface area contributed by atoms with E-state index in [1.807, 2.05) is 24.3 Å². The number of rotatable bonds is 7. The number of hydrogen-bond acceptors (Lipinski definition) is 3. The highest BCUT2D eigenvalue weighted by atomic mass is 35.5. The third kappa shape index (κ3) is 4.30. The predicted octanol–water partition coefficient (Wildman–Crippen LogP) is 4.19. The summed E-state index contributed by atoms with van der Waals surface area (Å²) in [6.07, 6.45) is 1.69. The summed E-state index contributed by atoms with van der Waals surface area (Å²) >= 11 is 6.04. The summed E-state index contributed by atoms with van der Waals surface area (Å²) in [6.45, 7) is 4.57. The molecule has 0 atom stereocenters. The Labute approximate surface area is 147 Å². The van der Waals surface area contributed by atoms with Gasteiger partial charge in [-0.1, -0.05) is 29.8 Å². The van der Waals surface area contributed by atoms with Crippen molar-refractivity contribution in [3.63, 3.8) is 0 Å². The zero-order valence-electron chi connectivity index (χ0n) is 13.8. The lowest BCUT2D eigenvalue weighted by Gasteiger charge is -2.22. The maximum atomic E-state index is 12.9. The molecule has 2 aromatic carbocycles. The van der Waals surface area contributed by atoms with E-state index in [2.05, 4.69) is 6.58 Å². The molecule has 0 fully saturated rings. The van der Waals surface area contributed by atoms with E-state index in [1.165, 1.54) is 7.11 Å². The molecule has 2 rings (SSSR count). The zero-order valence-corrected chi connectivity index (χ0v) is 14.5. The fourth-order valence-corrected chi connectivity index (χ4v) is 2.56. The van der Waals surface area contributed by atoms with E-state index >= 15 is 0 Å². The molecule has 2 aromatic rings. The van der Waals surface area contributed by atoms with Gasteiger partial charge >= 0.3 is 0 Å². The van der Waals surface area contributed by atoms with Crippen molar-refractivity contribution in [1.82, 2.24) is 4.90 Å². The Kier molecular flexibility index (Phi) is 6.27. The summed E-state index contributed by atoms with van der Waals surface area (Å²) in [4.78, 5) is 14.6. The third-order valence-corrected chi connectivity index (χ3v) is 3.77. The van der Waals surface area contributed by atoms with Crippen molar-refractivity contribution in [2.24, 2.45) is 0 Å². The molecule has 0 aliphatic heterocycles. The van der Waals surface area contributed by atoms with Gasteiger partial charge in [-0.25, -0.2) is 0 Å². The first-order valence-corrected chi connectivity index (χ1v) is 7.83. The van der Waals surface area contributed by atoms with E-state index in [1.54, 1.807) is 36.3 Å². The fraction of sp³-hybridized carbons (Fsp3) is 0.211. The molecule has 126 valence electrons. The molecule has 0 radical (unpaired) electrons. The van der Waals surface area contributed by atoms with Crippen LogP contribution in [0.2, 0.25) is 5.02 Å². The Hall–Kier alpha value is -2.46. The van der Waals surface area contributed by atoms with Gasteiger partial charge in [0.1, 0.15) is 11.5 Å². The average molecular weight is 346 g/mol. The summed E-state index contributed by atoms with van der Waals surface area (Å²) < 4.78 is 10.5. The molecule has 0 bridgehead atoms. The van der Waals surface area contributed by atoms with Gasteiger partial charge in [0.05, 0.1) is 19.8 Å². The van der Waals surface area contributed by atoms with Gasteiger partial charge in [0.15, 0.2) is 0 Å². The number of amides is 1. The van der Waals surface area contributed by atoms with Crippen LogP contribution in [0.4, 0.5) is 0 Å². The van der Waals surface area contributed by atoms with Gasteiger partial charge in [0.25, 0.3) is 5.91 Å². The molecule has 0 aliphatic rings. The summed E-state index contributed by atoms with van der Waals surface area (Å²) in [6, 6.07) is 12.6. The topological polar surface area (TPSA) is 38.8 Å². The lowest BCUT2D eigenvalue weighted by Crippen LogP contribution is -2.31. The van der Waals surface area contributed by atoms with Crippen LogP contribution in [-0.4, -0.2) is 31.6 Å². The largest absolute Gasteiger partial charge is 0.497 e. The van der Waals surface area contributed by atoms with E-state index in [0.717, 1.165) is 11.3 Å². The van der Waals surface area contributed by atoms with Gasteiger partial charge in [-0.3, -0.25) is 4.79 Å². The average Bonchev–Trinajstić information content (AvgIpc) is 2.61. The lowest BCUT2D eigenvalue weighted by atomic mass is 10.1. The lowest BCUT2D eigenvalue weighted by molar-refractivity contribution is 0.0759. The second kappa shape index (κ2) is 8.41. The van der Waals surface area contributed by atoms with Crippen LogP contribution in [-0.2, 0) is 6.54 Å². The van der Waals surface area contributed by atoms with Crippen LogP contribution >= 0.6 is 11.6 Å². The van der Waals surface area contributed by atoms with Gasteiger partial charge in [0.2, 0.25) is 0 Å². The van der Waals surface area contributed by atoms with E-state index in [4.69, 9.17) is 21.1 Å². The number of ether oxygens (including phenoxy) is 2. The summed E-state index contributed by atoms with van der Waals surface area (Å²) in [7, 11) is 3.14. The molecule has 5 heteroatoms. The minimum absolute atomic E-state index is 0.169. The standard InChI is InChI=1S/C19H20ClNO3/c1-4-10-21(13-14-6-5-7-16(11-14)23-2)19(22)17-12-15(20)8-9-18(17)24-3/h4-9,11-12H,1,10,13H2,2-3H3. The third-order valence-electron chi connectivity index (χ3n) is 3.54. The van der Waals surface area contributed by atoms with Crippen LogP contribution in [0.5, 0.6) is 11.5 Å². The molecule has 0 saturated heterocycles. The van der Waals surface area contributed by atoms with Crippen molar-refractivity contribution in [2.45, 2.75) is 6.54 Å². The number of carbonyl (C=O) groups excluding carboxylic acids is 1. The van der Waals surface area contributed by atoms with E-state index in [9.17, 15) is 4.79 Å². The quantitative estimate of drug-likeness (QED) is 0.706. The van der Waals surface area contributed by atoms with Crippen molar-refractivity contribution < 1.29 is 14.3 Å². The Bertz CT molecular complexity index is 730. The number of hydrogen-bond donors (Lipinski definition) is 0. The second-order valence-electron chi connectivity index (χ2n) is 5.17. The maximum Gasteiger partial charge on any atom is 0.258 e. The number of methoxy groups -OCH3 is 2. The number of halogens is 1. The van der Waals surface area contributed by atoms with Crippen LogP contribution in [0, 0.1) is 0 Å². The Morgan fingerprint density at radius 2 is 2.00 bits per heavy atom. The minimum atomic E-state index is -0.169. The van der Waals surface area contributed by atoms with E-state index < -0.39 is 0 Å². The Morgan fingerprint density at radius 1 is 1.21 bits per heavy atom. The highest BCUT2D eigenvalue weighted by molar-refractivity contribution is 6.31.